The number of para-hydroxylation sites is 2. The molecule has 3 heterocycles. The number of rotatable bonds is 5. The summed E-state index contributed by atoms with van der Waals surface area (Å²) >= 11 is 1.50. The molecule has 0 aliphatic carbocycles. The Morgan fingerprint density at radius 1 is 1.23 bits per heavy atom. The Morgan fingerprint density at radius 3 is 2.67 bits per heavy atom. The summed E-state index contributed by atoms with van der Waals surface area (Å²) in [6.45, 7) is 3.82. The molecule has 0 bridgehead atoms. The Kier molecular flexibility index (Phi) is 5.49. The number of nitro groups is 1. The second-order valence-electron chi connectivity index (χ2n) is 7.08. The molecule has 9 nitrogen and oxygen atoms in total. The van der Waals surface area contributed by atoms with Gasteiger partial charge in [0.15, 0.2) is 0 Å². The van der Waals surface area contributed by atoms with Gasteiger partial charge in [0.2, 0.25) is 5.91 Å². The average molecular weight is 427 g/mol. The van der Waals surface area contributed by atoms with E-state index in [-0.39, 0.29) is 23.7 Å². The highest BCUT2D eigenvalue weighted by Crippen LogP contribution is 2.28. The summed E-state index contributed by atoms with van der Waals surface area (Å²) in [5, 5.41) is 11.8. The number of nitro benzene ring substituents is 1. The van der Waals surface area contributed by atoms with E-state index in [2.05, 4.69) is 4.98 Å². The van der Waals surface area contributed by atoms with E-state index in [9.17, 15) is 19.7 Å². The summed E-state index contributed by atoms with van der Waals surface area (Å²) in [4.78, 5) is 46.0. The molecule has 10 heteroatoms. The second kappa shape index (κ2) is 8.23. The molecule has 0 unspecified atom stereocenters. The SMILES string of the molecule is CCc1cc2c(=O)n(CC(=O)N3CCN(c4ccccc4[N+](=O)[O-])CC3)cnc2s1. The summed E-state index contributed by atoms with van der Waals surface area (Å²) in [7, 11) is 0. The maximum atomic E-state index is 12.7. The van der Waals surface area contributed by atoms with Gasteiger partial charge in [-0.3, -0.25) is 24.3 Å². The monoisotopic (exact) mass is 427 g/mol. The van der Waals surface area contributed by atoms with Crippen molar-refractivity contribution in [1.29, 1.82) is 0 Å². The van der Waals surface area contributed by atoms with E-state index in [1.165, 1.54) is 28.3 Å². The smallest absolute Gasteiger partial charge is 0.292 e. The number of thiophene rings is 1. The van der Waals surface area contributed by atoms with Crippen molar-refractivity contribution in [2.24, 2.45) is 0 Å². The molecule has 156 valence electrons. The number of amides is 1. The number of hydrogen-bond donors (Lipinski definition) is 0. The van der Waals surface area contributed by atoms with Gasteiger partial charge in [0.05, 0.1) is 16.6 Å². The first kappa shape index (κ1) is 20.0. The van der Waals surface area contributed by atoms with Crippen molar-refractivity contribution in [2.45, 2.75) is 19.9 Å². The Balaban J connectivity index is 1.44. The summed E-state index contributed by atoms with van der Waals surface area (Å²) < 4.78 is 1.35. The molecular weight excluding hydrogens is 406 g/mol. The molecule has 1 saturated heterocycles. The normalized spacial score (nSPS) is 14.3. The molecule has 1 amide bonds. The van der Waals surface area contributed by atoms with Gasteiger partial charge in [-0.2, -0.15) is 0 Å². The van der Waals surface area contributed by atoms with Gasteiger partial charge in [-0.15, -0.1) is 11.3 Å². The maximum absolute atomic E-state index is 12.7. The number of benzene rings is 1. The van der Waals surface area contributed by atoms with Crippen molar-refractivity contribution in [3.63, 3.8) is 0 Å². The van der Waals surface area contributed by atoms with Crippen LogP contribution in [0.15, 0.2) is 41.5 Å². The lowest BCUT2D eigenvalue weighted by molar-refractivity contribution is -0.384. The Bertz CT molecular complexity index is 1160. The highest BCUT2D eigenvalue weighted by Gasteiger charge is 2.25. The molecule has 30 heavy (non-hydrogen) atoms. The van der Waals surface area contributed by atoms with Crippen LogP contribution in [0, 0.1) is 10.1 Å². The molecule has 0 radical (unpaired) electrons. The van der Waals surface area contributed by atoms with E-state index in [4.69, 9.17) is 0 Å². The number of anilines is 1. The maximum Gasteiger partial charge on any atom is 0.292 e. The zero-order valence-electron chi connectivity index (χ0n) is 16.5. The van der Waals surface area contributed by atoms with Crippen LogP contribution in [-0.2, 0) is 17.8 Å². The quantitative estimate of drug-likeness (QED) is 0.457. The number of carbonyl (C=O) groups is 1. The van der Waals surface area contributed by atoms with Gasteiger partial charge in [-0.1, -0.05) is 19.1 Å². The largest absolute Gasteiger partial charge is 0.362 e. The summed E-state index contributed by atoms with van der Waals surface area (Å²) in [6, 6.07) is 8.46. The first-order valence-electron chi connectivity index (χ1n) is 9.72. The second-order valence-corrected chi connectivity index (χ2v) is 8.19. The minimum absolute atomic E-state index is 0.0606. The lowest BCUT2D eigenvalue weighted by Gasteiger charge is -2.35. The lowest BCUT2D eigenvalue weighted by atomic mass is 10.2. The standard InChI is InChI=1S/C20H21N5O4S/c1-2-14-11-15-19(30-14)21-13-24(20(15)27)12-18(26)23-9-7-22(8-10-23)16-5-3-4-6-17(16)25(28)29/h3-6,11,13H,2,7-10,12H2,1H3. The summed E-state index contributed by atoms with van der Waals surface area (Å²) in [5.74, 6) is -0.161. The summed E-state index contributed by atoms with van der Waals surface area (Å²) in [5.41, 5.74) is 0.415. The van der Waals surface area contributed by atoms with Crippen LogP contribution in [0.25, 0.3) is 10.2 Å². The van der Waals surface area contributed by atoms with Crippen molar-refractivity contribution in [3.05, 3.63) is 62.0 Å². The van der Waals surface area contributed by atoms with E-state index < -0.39 is 4.92 Å². The van der Waals surface area contributed by atoms with Crippen molar-refractivity contribution >= 4 is 38.8 Å². The van der Waals surface area contributed by atoms with Crippen LogP contribution in [0.3, 0.4) is 0 Å². The minimum atomic E-state index is -0.392. The minimum Gasteiger partial charge on any atom is -0.362 e. The molecule has 0 atom stereocenters. The molecular formula is C20H21N5O4S. The van der Waals surface area contributed by atoms with Crippen molar-refractivity contribution in [1.82, 2.24) is 14.5 Å². The summed E-state index contributed by atoms with van der Waals surface area (Å²) in [6.07, 6.45) is 2.27. The molecule has 0 N–H and O–H groups in total. The first-order chi connectivity index (χ1) is 14.5. The first-order valence-corrected chi connectivity index (χ1v) is 10.5. The molecule has 0 spiro atoms. The number of piperazine rings is 1. The topological polar surface area (TPSA) is 102 Å². The number of nitrogens with zero attached hydrogens (tertiary/aromatic N) is 5. The lowest BCUT2D eigenvalue weighted by Crippen LogP contribution is -2.50. The number of carbonyl (C=O) groups excluding carboxylic acids is 1. The number of hydrogen-bond acceptors (Lipinski definition) is 7. The van der Waals surface area contributed by atoms with Gasteiger partial charge < -0.3 is 9.80 Å². The van der Waals surface area contributed by atoms with Crippen LogP contribution in [0.5, 0.6) is 0 Å². The van der Waals surface area contributed by atoms with Gasteiger partial charge in [0.1, 0.15) is 17.1 Å². The van der Waals surface area contributed by atoms with Gasteiger partial charge in [0, 0.05) is 37.1 Å². The number of fused-ring (bicyclic) bond motifs is 1. The molecule has 3 aromatic rings. The molecule has 2 aromatic heterocycles. The average Bonchev–Trinajstić information content (AvgIpc) is 3.20. The highest BCUT2D eigenvalue weighted by atomic mass is 32.1. The van der Waals surface area contributed by atoms with Gasteiger partial charge in [-0.25, -0.2) is 4.98 Å². The predicted octanol–water partition coefficient (Wildman–Crippen LogP) is 2.28. The van der Waals surface area contributed by atoms with Crippen LogP contribution in [0.1, 0.15) is 11.8 Å². The van der Waals surface area contributed by atoms with E-state index in [1.807, 2.05) is 17.9 Å². The van der Waals surface area contributed by atoms with Crippen LogP contribution in [-0.4, -0.2) is 51.5 Å². The Hall–Kier alpha value is -3.27. The Morgan fingerprint density at radius 2 is 1.97 bits per heavy atom. The van der Waals surface area contributed by atoms with E-state index in [0.717, 1.165) is 11.3 Å². The fourth-order valence-corrected chi connectivity index (χ4v) is 4.55. The third-order valence-corrected chi connectivity index (χ3v) is 6.46. The third kappa shape index (κ3) is 3.78. The van der Waals surface area contributed by atoms with Crippen LogP contribution < -0.4 is 10.5 Å². The van der Waals surface area contributed by atoms with Gasteiger partial charge >= 0.3 is 0 Å². The van der Waals surface area contributed by atoms with Gasteiger partial charge in [0.25, 0.3) is 11.2 Å². The van der Waals surface area contributed by atoms with Crippen molar-refractivity contribution in [2.75, 3.05) is 31.1 Å². The number of aromatic nitrogens is 2. The highest BCUT2D eigenvalue weighted by molar-refractivity contribution is 7.18. The van der Waals surface area contributed by atoms with E-state index in [1.54, 1.807) is 23.1 Å². The van der Waals surface area contributed by atoms with Crippen LogP contribution in [0.2, 0.25) is 0 Å². The Labute approximate surface area is 176 Å². The van der Waals surface area contributed by atoms with Gasteiger partial charge in [-0.05, 0) is 18.6 Å². The number of aryl methyl sites for hydroxylation is 1. The molecule has 1 fully saturated rings. The van der Waals surface area contributed by atoms with Crippen LogP contribution in [0.4, 0.5) is 11.4 Å². The molecule has 4 rings (SSSR count). The fraction of sp³-hybridized carbons (Fsp3) is 0.350. The molecule has 1 aromatic carbocycles. The third-order valence-electron chi connectivity index (χ3n) is 5.27. The zero-order valence-corrected chi connectivity index (χ0v) is 17.3. The fourth-order valence-electron chi connectivity index (χ4n) is 3.63. The molecule has 1 aliphatic rings. The van der Waals surface area contributed by atoms with E-state index >= 15 is 0 Å². The van der Waals surface area contributed by atoms with E-state index in [0.29, 0.717) is 42.1 Å². The van der Waals surface area contributed by atoms with Crippen LogP contribution >= 0.6 is 11.3 Å². The molecule has 0 saturated carbocycles. The predicted molar refractivity (Wildman–Crippen MR) is 115 cm³/mol. The zero-order chi connectivity index (χ0) is 21.3. The molecule has 1 aliphatic heterocycles. The van der Waals surface area contributed by atoms with Crippen molar-refractivity contribution < 1.29 is 9.72 Å². The van der Waals surface area contributed by atoms with Crippen molar-refractivity contribution in [3.8, 4) is 0 Å².